The van der Waals surface area contributed by atoms with Gasteiger partial charge < -0.3 is 19.4 Å². The first-order valence-electron chi connectivity index (χ1n) is 12.3. The minimum absolute atomic E-state index is 0.0342. The van der Waals surface area contributed by atoms with Gasteiger partial charge in [0.15, 0.2) is 11.4 Å². The molecule has 0 radical (unpaired) electrons. The third-order valence-corrected chi connectivity index (χ3v) is 6.92. The van der Waals surface area contributed by atoms with Crippen LogP contribution in [0, 0.1) is 5.82 Å². The molecule has 0 bridgehead atoms. The molecule has 200 valence electrons. The Morgan fingerprint density at radius 3 is 2.56 bits per heavy atom. The molecule has 1 aliphatic rings. The van der Waals surface area contributed by atoms with Gasteiger partial charge in [-0.2, -0.15) is 13.2 Å². The molecule has 1 saturated carbocycles. The van der Waals surface area contributed by atoms with E-state index >= 15 is 0 Å². The molecule has 0 spiro atoms. The lowest BCUT2D eigenvalue weighted by Crippen LogP contribution is -2.43. The average Bonchev–Trinajstić information content (AvgIpc) is 3.51. The largest absolute Gasteiger partial charge is 0.435 e. The highest BCUT2D eigenvalue weighted by Crippen LogP contribution is 2.39. The van der Waals surface area contributed by atoms with Gasteiger partial charge in [0.2, 0.25) is 5.89 Å². The maximum absolute atomic E-state index is 14.2. The zero-order chi connectivity index (χ0) is 27.3. The lowest BCUT2D eigenvalue weighted by Gasteiger charge is -2.32. The number of aliphatic hydroxyl groups excluding tert-OH is 1. The summed E-state index contributed by atoms with van der Waals surface area (Å²) in [5.74, 6) is 0.0568. The van der Waals surface area contributed by atoms with E-state index in [1.165, 1.54) is 18.5 Å². The van der Waals surface area contributed by atoms with E-state index in [-0.39, 0.29) is 35.7 Å². The fourth-order valence-electron chi connectivity index (χ4n) is 4.84. The van der Waals surface area contributed by atoms with Gasteiger partial charge in [-0.3, -0.25) is 0 Å². The summed E-state index contributed by atoms with van der Waals surface area (Å²) in [6.07, 6.45) is -2.35. The summed E-state index contributed by atoms with van der Waals surface area (Å²) in [5.41, 5.74) is 1.60. The molecule has 0 atom stereocenters. The Balaban J connectivity index is 1.39. The maximum atomic E-state index is 14.2. The fraction of sp³-hybridized carbons (Fsp3) is 0.250. The van der Waals surface area contributed by atoms with Crippen LogP contribution in [-0.2, 0) is 19.8 Å². The van der Waals surface area contributed by atoms with Crippen LogP contribution in [0.5, 0.6) is 0 Å². The standard InChI is InChI=1S/C28H23F4N5O2/c1-37-14-34-36-26(37)22-10-18(29)5-6-21(22)16-3-2-4-17(9-16)27-35-24-8-15(13-33-19-11-20(38)12-19)7-23(25(24)39-27)28(30,31)32/h2-10,14,19-20,33,38H,11-13H2,1H3/t19-,20+. The molecule has 2 N–H and O–H groups in total. The van der Waals surface area contributed by atoms with E-state index in [0.29, 0.717) is 46.5 Å². The Hall–Kier alpha value is -4.09. The molecule has 3 aromatic carbocycles. The molecule has 0 aliphatic heterocycles. The second kappa shape index (κ2) is 9.58. The van der Waals surface area contributed by atoms with Crippen molar-refractivity contribution in [3.05, 3.63) is 77.9 Å². The normalized spacial score (nSPS) is 17.5. The number of aryl methyl sites for hydroxylation is 1. The summed E-state index contributed by atoms with van der Waals surface area (Å²) in [4.78, 5) is 4.41. The van der Waals surface area contributed by atoms with Crippen molar-refractivity contribution in [3.63, 3.8) is 0 Å². The van der Waals surface area contributed by atoms with E-state index < -0.39 is 17.6 Å². The van der Waals surface area contributed by atoms with Crippen molar-refractivity contribution in [1.29, 1.82) is 0 Å². The first kappa shape index (κ1) is 25.2. The number of nitrogens with zero attached hydrogens (tertiary/aromatic N) is 4. The summed E-state index contributed by atoms with van der Waals surface area (Å²) >= 11 is 0. The molecule has 2 heterocycles. The number of aliphatic hydroxyl groups is 1. The number of benzene rings is 3. The molecule has 6 rings (SSSR count). The highest BCUT2D eigenvalue weighted by atomic mass is 19.4. The topological polar surface area (TPSA) is 89.0 Å². The number of nitrogens with one attached hydrogen (secondary N) is 1. The van der Waals surface area contributed by atoms with E-state index in [4.69, 9.17) is 4.42 Å². The molecule has 0 amide bonds. The number of rotatable bonds is 6. The lowest BCUT2D eigenvalue weighted by molar-refractivity contribution is -0.136. The minimum atomic E-state index is -4.64. The first-order chi connectivity index (χ1) is 18.7. The van der Waals surface area contributed by atoms with Crippen LogP contribution in [0.25, 0.3) is 45.1 Å². The number of fused-ring (bicyclic) bond motifs is 1. The van der Waals surface area contributed by atoms with Crippen LogP contribution in [0.2, 0.25) is 0 Å². The maximum Gasteiger partial charge on any atom is 0.420 e. The van der Waals surface area contributed by atoms with Gasteiger partial charge in [-0.25, -0.2) is 9.37 Å². The molecular formula is C28H23F4N5O2. The number of halogens is 4. The molecule has 2 aromatic heterocycles. The molecule has 0 saturated heterocycles. The highest BCUT2D eigenvalue weighted by Gasteiger charge is 2.36. The van der Waals surface area contributed by atoms with Crippen LogP contribution in [0.1, 0.15) is 24.0 Å². The molecule has 5 aromatic rings. The van der Waals surface area contributed by atoms with Crippen molar-refractivity contribution in [2.24, 2.45) is 7.05 Å². The van der Waals surface area contributed by atoms with Crippen molar-refractivity contribution in [1.82, 2.24) is 25.1 Å². The van der Waals surface area contributed by atoms with Gasteiger partial charge in [0, 0.05) is 30.8 Å². The molecule has 1 aliphatic carbocycles. The Morgan fingerprint density at radius 1 is 1.05 bits per heavy atom. The molecule has 11 heteroatoms. The van der Waals surface area contributed by atoms with Gasteiger partial charge in [0.05, 0.1) is 6.10 Å². The van der Waals surface area contributed by atoms with Gasteiger partial charge in [-0.1, -0.05) is 18.2 Å². The van der Waals surface area contributed by atoms with E-state index in [2.05, 4.69) is 20.5 Å². The van der Waals surface area contributed by atoms with Gasteiger partial charge in [-0.05, 0) is 65.9 Å². The minimum Gasteiger partial charge on any atom is -0.435 e. The van der Waals surface area contributed by atoms with Gasteiger partial charge in [0.25, 0.3) is 0 Å². The number of aromatic nitrogens is 4. The zero-order valence-corrected chi connectivity index (χ0v) is 20.7. The van der Waals surface area contributed by atoms with Gasteiger partial charge in [-0.15, -0.1) is 10.2 Å². The quantitative estimate of drug-likeness (QED) is 0.269. The van der Waals surface area contributed by atoms with Crippen molar-refractivity contribution in [3.8, 4) is 34.0 Å². The second-order valence-electron chi connectivity index (χ2n) is 9.75. The van der Waals surface area contributed by atoms with Crippen LogP contribution in [0.4, 0.5) is 17.6 Å². The number of hydrogen-bond acceptors (Lipinski definition) is 6. The number of alkyl halides is 3. The highest BCUT2D eigenvalue weighted by molar-refractivity contribution is 5.84. The van der Waals surface area contributed by atoms with E-state index in [1.807, 2.05) is 6.07 Å². The van der Waals surface area contributed by atoms with Gasteiger partial charge in [0.1, 0.15) is 23.2 Å². The van der Waals surface area contributed by atoms with Crippen molar-refractivity contribution in [2.45, 2.75) is 37.7 Å². The summed E-state index contributed by atoms with van der Waals surface area (Å²) < 4.78 is 63.5. The smallest absolute Gasteiger partial charge is 0.420 e. The summed E-state index contributed by atoms with van der Waals surface area (Å²) in [5, 5.41) is 20.6. The monoisotopic (exact) mass is 537 g/mol. The molecule has 7 nitrogen and oxygen atoms in total. The molecule has 39 heavy (non-hydrogen) atoms. The number of oxazole rings is 1. The van der Waals surface area contributed by atoms with Crippen molar-refractivity contribution < 1.29 is 27.1 Å². The summed E-state index contributed by atoms with van der Waals surface area (Å²) in [6.45, 7) is 0.212. The Morgan fingerprint density at radius 2 is 1.85 bits per heavy atom. The third kappa shape index (κ3) is 4.90. The summed E-state index contributed by atoms with van der Waals surface area (Å²) in [7, 11) is 1.75. The van der Waals surface area contributed by atoms with Gasteiger partial charge >= 0.3 is 6.18 Å². The van der Waals surface area contributed by atoms with E-state index in [0.717, 1.165) is 6.07 Å². The SMILES string of the molecule is Cn1cnnc1-c1cc(F)ccc1-c1cccc(-c2nc3cc(CN[C@H]4C[C@@H](O)C4)cc(C(F)(F)F)c3o2)c1. The van der Waals surface area contributed by atoms with E-state index in [9.17, 15) is 22.7 Å². The van der Waals surface area contributed by atoms with Crippen LogP contribution < -0.4 is 5.32 Å². The second-order valence-corrected chi connectivity index (χ2v) is 9.75. The van der Waals surface area contributed by atoms with Crippen LogP contribution >= 0.6 is 0 Å². The zero-order valence-electron chi connectivity index (χ0n) is 20.7. The fourth-order valence-corrected chi connectivity index (χ4v) is 4.84. The van der Waals surface area contributed by atoms with Crippen LogP contribution in [0.3, 0.4) is 0 Å². The average molecular weight is 538 g/mol. The van der Waals surface area contributed by atoms with Crippen molar-refractivity contribution >= 4 is 11.1 Å². The van der Waals surface area contributed by atoms with Crippen LogP contribution in [-0.4, -0.2) is 37.0 Å². The van der Waals surface area contributed by atoms with E-state index in [1.54, 1.807) is 41.9 Å². The lowest BCUT2D eigenvalue weighted by atomic mass is 9.89. The Labute approximate surface area is 220 Å². The first-order valence-corrected chi connectivity index (χ1v) is 12.3. The van der Waals surface area contributed by atoms with Crippen LogP contribution in [0.15, 0.2) is 65.3 Å². The Bertz CT molecular complexity index is 1670. The third-order valence-electron chi connectivity index (χ3n) is 6.92. The molecule has 0 unspecified atom stereocenters. The number of hydrogen-bond donors (Lipinski definition) is 2. The Kier molecular flexibility index (Phi) is 6.19. The summed E-state index contributed by atoms with van der Waals surface area (Å²) in [6, 6.07) is 14.0. The molecular weight excluding hydrogens is 514 g/mol. The predicted molar refractivity (Wildman–Crippen MR) is 136 cm³/mol. The molecule has 1 fully saturated rings. The predicted octanol–water partition coefficient (Wildman–Crippen LogP) is 5.73. The van der Waals surface area contributed by atoms with Crippen molar-refractivity contribution in [2.75, 3.05) is 0 Å².